The molecule has 0 aliphatic carbocycles. The molecule has 0 bridgehead atoms. The Balaban J connectivity index is 1.95. The molecule has 0 fully saturated rings. The molecular formula is C21H24FNO4. The SMILES string of the molecule is COc1ccccc1CC(CNC(=O)C(C)Cc1ccccc1F)C(=O)O. The van der Waals surface area contributed by atoms with Crippen LogP contribution in [-0.2, 0) is 22.4 Å². The van der Waals surface area contributed by atoms with Crippen LogP contribution in [0.25, 0.3) is 0 Å². The Kier molecular flexibility index (Phi) is 7.34. The van der Waals surface area contributed by atoms with Gasteiger partial charge in [0.15, 0.2) is 0 Å². The second-order valence-electron chi connectivity index (χ2n) is 6.49. The maximum absolute atomic E-state index is 13.7. The van der Waals surface area contributed by atoms with E-state index >= 15 is 0 Å². The molecule has 2 rings (SSSR count). The van der Waals surface area contributed by atoms with Gasteiger partial charge in [0.1, 0.15) is 11.6 Å². The van der Waals surface area contributed by atoms with E-state index in [0.717, 1.165) is 5.56 Å². The molecule has 0 aliphatic rings. The lowest BCUT2D eigenvalue weighted by atomic mass is 9.97. The summed E-state index contributed by atoms with van der Waals surface area (Å²) in [5.41, 5.74) is 1.23. The van der Waals surface area contributed by atoms with Crippen LogP contribution in [0.5, 0.6) is 5.75 Å². The van der Waals surface area contributed by atoms with Crippen molar-refractivity contribution >= 4 is 11.9 Å². The number of nitrogens with one attached hydrogen (secondary N) is 1. The number of carbonyl (C=O) groups is 2. The third-order valence-electron chi connectivity index (χ3n) is 4.46. The molecule has 5 nitrogen and oxygen atoms in total. The molecular weight excluding hydrogens is 349 g/mol. The third kappa shape index (κ3) is 5.81. The van der Waals surface area contributed by atoms with Gasteiger partial charge in [0, 0.05) is 12.5 Å². The maximum atomic E-state index is 13.7. The number of hydrogen-bond donors (Lipinski definition) is 2. The maximum Gasteiger partial charge on any atom is 0.308 e. The lowest BCUT2D eigenvalue weighted by molar-refractivity contribution is -0.141. The summed E-state index contributed by atoms with van der Waals surface area (Å²) in [7, 11) is 1.53. The molecule has 0 saturated heterocycles. The van der Waals surface area contributed by atoms with Crippen molar-refractivity contribution in [3.05, 3.63) is 65.5 Å². The summed E-state index contributed by atoms with van der Waals surface area (Å²) in [6, 6.07) is 13.5. The molecule has 0 aliphatic heterocycles. The van der Waals surface area contributed by atoms with Gasteiger partial charge in [0.25, 0.3) is 0 Å². The van der Waals surface area contributed by atoms with Gasteiger partial charge in [0.05, 0.1) is 13.0 Å². The molecule has 0 spiro atoms. The highest BCUT2D eigenvalue weighted by molar-refractivity contribution is 5.79. The predicted octanol–water partition coefficient (Wildman–Crippen LogP) is 3.07. The van der Waals surface area contributed by atoms with Crippen LogP contribution in [-0.4, -0.2) is 30.6 Å². The molecule has 2 atom stereocenters. The fraction of sp³-hybridized carbons (Fsp3) is 0.333. The largest absolute Gasteiger partial charge is 0.496 e. The first kappa shape index (κ1) is 20.4. The zero-order valence-corrected chi connectivity index (χ0v) is 15.4. The number of para-hydroxylation sites is 1. The number of ether oxygens (including phenoxy) is 1. The van der Waals surface area contributed by atoms with Gasteiger partial charge < -0.3 is 15.2 Å². The van der Waals surface area contributed by atoms with E-state index in [4.69, 9.17) is 4.74 Å². The van der Waals surface area contributed by atoms with Crippen molar-refractivity contribution < 1.29 is 23.8 Å². The van der Waals surface area contributed by atoms with Crippen molar-refractivity contribution in [3.63, 3.8) is 0 Å². The van der Waals surface area contributed by atoms with Crippen LogP contribution in [0.15, 0.2) is 48.5 Å². The van der Waals surface area contributed by atoms with E-state index in [1.165, 1.54) is 13.2 Å². The number of aliphatic carboxylic acids is 1. The van der Waals surface area contributed by atoms with E-state index in [9.17, 15) is 19.1 Å². The second kappa shape index (κ2) is 9.71. The van der Waals surface area contributed by atoms with Crippen molar-refractivity contribution in [3.8, 4) is 5.75 Å². The van der Waals surface area contributed by atoms with Crippen LogP contribution >= 0.6 is 0 Å². The summed E-state index contributed by atoms with van der Waals surface area (Å²) in [5, 5.41) is 12.2. The molecule has 2 unspecified atom stereocenters. The van der Waals surface area contributed by atoms with Crippen LogP contribution in [0, 0.1) is 17.7 Å². The quantitative estimate of drug-likeness (QED) is 0.708. The van der Waals surface area contributed by atoms with Crippen LogP contribution in [0.1, 0.15) is 18.1 Å². The predicted molar refractivity (Wildman–Crippen MR) is 100 cm³/mol. The molecule has 0 saturated carbocycles. The smallest absolute Gasteiger partial charge is 0.308 e. The van der Waals surface area contributed by atoms with Gasteiger partial charge in [-0.1, -0.05) is 43.3 Å². The highest BCUT2D eigenvalue weighted by atomic mass is 19.1. The van der Waals surface area contributed by atoms with Crippen molar-refractivity contribution in [2.24, 2.45) is 11.8 Å². The average Bonchev–Trinajstić information content (AvgIpc) is 2.66. The number of halogens is 1. The fourth-order valence-electron chi connectivity index (χ4n) is 2.87. The van der Waals surface area contributed by atoms with Crippen LogP contribution in [0.2, 0.25) is 0 Å². The highest BCUT2D eigenvalue weighted by Crippen LogP contribution is 2.21. The molecule has 1 amide bonds. The Morgan fingerprint density at radius 3 is 2.33 bits per heavy atom. The molecule has 2 aromatic rings. The van der Waals surface area contributed by atoms with Crippen LogP contribution < -0.4 is 10.1 Å². The summed E-state index contributed by atoms with van der Waals surface area (Å²) >= 11 is 0. The first-order valence-electron chi connectivity index (χ1n) is 8.78. The Labute approximate surface area is 158 Å². The standard InChI is InChI=1S/C21H24FNO4/c1-14(11-15-7-3-5-9-18(15)22)20(24)23-13-17(21(25)26)12-16-8-4-6-10-19(16)27-2/h3-10,14,17H,11-13H2,1-2H3,(H,23,24)(H,25,26). The molecule has 0 heterocycles. The average molecular weight is 373 g/mol. The Morgan fingerprint density at radius 1 is 1.07 bits per heavy atom. The van der Waals surface area contributed by atoms with E-state index in [2.05, 4.69) is 5.32 Å². The van der Waals surface area contributed by atoms with Gasteiger partial charge in [-0.05, 0) is 36.1 Å². The number of carboxylic acid groups (broad SMARTS) is 1. The minimum atomic E-state index is -0.997. The number of benzene rings is 2. The van der Waals surface area contributed by atoms with Gasteiger partial charge >= 0.3 is 5.97 Å². The molecule has 0 radical (unpaired) electrons. The van der Waals surface area contributed by atoms with Crippen molar-refractivity contribution in [1.29, 1.82) is 0 Å². The molecule has 27 heavy (non-hydrogen) atoms. The normalized spacial score (nSPS) is 12.9. The van der Waals surface area contributed by atoms with Gasteiger partial charge in [-0.2, -0.15) is 0 Å². The summed E-state index contributed by atoms with van der Waals surface area (Å²) in [5.74, 6) is -2.29. The van der Waals surface area contributed by atoms with E-state index in [-0.39, 0.29) is 31.1 Å². The monoisotopic (exact) mass is 373 g/mol. The van der Waals surface area contributed by atoms with E-state index in [0.29, 0.717) is 11.3 Å². The molecule has 0 aromatic heterocycles. The fourth-order valence-corrected chi connectivity index (χ4v) is 2.87. The second-order valence-corrected chi connectivity index (χ2v) is 6.49. The van der Waals surface area contributed by atoms with Gasteiger partial charge in [-0.25, -0.2) is 4.39 Å². The topological polar surface area (TPSA) is 75.6 Å². The number of carbonyl (C=O) groups excluding carboxylic acids is 1. The molecule has 2 N–H and O–H groups in total. The van der Waals surface area contributed by atoms with E-state index in [1.54, 1.807) is 37.3 Å². The van der Waals surface area contributed by atoms with Crippen molar-refractivity contribution in [2.45, 2.75) is 19.8 Å². The summed E-state index contributed by atoms with van der Waals surface area (Å²) in [6.07, 6.45) is 0.490. The van der Waals surface area contributed by atoms with Crippen LogP contribution in [0.3, 0.4) is 0 Å². The summed E-state index contributed by atoms with van der Waals surface area (Å²) in [4.78, 5) is 23.9. The van der Waals surface area contributed by atoms with Crippen molar-refractivity contribution in [2.75, 3.05) is 13.7 Å². The summed E-state index contributed by atoms with van der Waals surface area (Å²) < 4.78 is 19.0. The number of amides is 1. The van der Waals surface area contributed by atoms with Crippen molar-refractivity contribution in [1.82, 2.24) is 5.32 Å². The first-order valence-corrected chi connectivity index (χ1v) is 8.78. The Morgan fingerprint density at radius 2 is 1.70 bits per heavy atom. The first-order chi connectivity index (χ1) is 12.9. The molecule has 6 heteroatoms. The third-order valence-corrected chi connectivity index (χ3v) is 4.46. The Hall–Kier alpha value is -2.89. The number of hydrogen-bond acceptors (Lipinski definition) is 3. The lowest BCUT2D eigenvalue weighted by Gasteiger charge is -2.17. The van der Waals surface area contributed by atoms with Gasteiger partial charge in [-0.15, -0.1) is 0 Å². The zero-order valence-electron chi connectivity index (χ0n) is 15.4. The minimum Gasteiger partial charge on any atom is -0.496 e. The molecule has 2 aromatic carbocycles. The lowest BCUT2D eigenvalue weighted by Crippen LogP contribution is -2.37. The minimum absolute atomic E-state index is 0.00612. The number of carboxylic acids is 1. The van der Waals surface area contributed by atoms with E-state index < -0.39 is 17.8 Å². The van der Waals surface area contributed by atoms with Crippen LogP contribution in [0.4, 0.5) is 4.39 Å². The zero-order chi connectivity index (χ0) is 19.8. The number of rotatable bonds is 9. The number of methoxy groups -OCH3 is 1. The molecule has 144 valence electrons. The van der Waals surface area contributed by atoms with Gasteiger partial charge in [0.2, 0.25) is 5.91 Å². The highest BCUT2D eigenvalue weighted by Gasteiger charge is 2.22. The Bertz CT molecular complexity index is 793. The van der Waals surface area contributed by atoms with E-state index in [1.807, 2.05) is 12.1 Å². The summed E-state index contributed by atoms with van der Waals surface area (Å²) in [6.45, 7) is 1.69. The van der Waals surface area contributed by atoms with Gasteiger partial charge in [-0.3, -0.25) is 9.59 Å².